The van der Waals surface area contributed by atoms with E-state index in [0.717, 1.165) is 12.5 Å². The molecule has 42 heavy (non-hydrogen) atoms. The van der Waals surface area contributed by atoms with E-state index in [2.05, 4.69) is 29.6 Å². The summed E-state index contributed by atoms with van der Waals surface area (Å²) < 4.78 is 2.26. The maximum atomic E-state index is 4.22. The van der Waals surface area contributed by atoms with Crippen molar-refractivity contribution >= 4 is 0 Å². The SMILES string of the molecule is CCCCCCCCCCCCCCCCCCCC(CCCCCCCCCCCCCC)CCCn1ccnc1. The van der Waals surface area contributed by atoms with Crippen LogP contribution in [-0.4, -0.2) is 9.55 Å². The molecule has 0 fully saturated rings. The van der Waals surface area contributed by atoms with Crippen molar-refractivity contribution in [3.63, 3.8) is 0 Å². The number of aryl methyl sites for hydroxylation is 1. The average molecular weight is 587 g/mol. The fraction of sp³-hybridized carbons (Fsp3) is 0.925. The number of hydrogen-bond acceptors (Lipinski definition) is 1. The first-order valence-electron chi connectivity index (χ1n) is 19.8. The van der Waals surface area contributed by atoms with Crippen LogP contribution < -0.4 is 0 Å². The topological polar surface area (TPSA) is 17.8 Å². The summed E-state index contributed by atoms with van der Waals surface area (Å²) in [6.45, 7) is 5.77. The molecule has 0 spiro atoms. The highest BCUT2D eigenvalue weighted by Crippen LogP contribution is 2.24. The van der Waals surface area contributed by atoms with Crippen LogP contribution in [0.15, 0.2) is 18.7 Å². The van der Waals surface area contributed by atoms with E-state index in [1.165, 1.54) is 212 Å². The van der Waals surface area contributed by atoms with Gasteiger partial charge in [0.2, 0.25) is 0 Å². The number of unbranched alkanes of at least 4 members (excludes halogenated alkanes) is 27. The lowest BCUT2D eigenvalue weighted by molar-refractivity contribution is 0.363. The molecule has 0 N–H and O–H groups in total. The van der Waals surface area contributed by atoms with Gasteiger partial charge in [-0.05, 0) is 18.8 Å². The number of nitrogens with zero attached hydrogens (tertiary/aromatic N) is 2. The molecular formula is C40H78N2. The van der Waals surface area contributed by atoms with Crippen molar-refractivity contribution in [3.8, 4) is 0 Å². The fourth-order valence-corrected chi connectivity index (χ4v) is 6.85. The molecule has 2 heteroatoms. The summed E-state index contributed by atoms with van der Waals surface area (Å²) in [6, 6.07) is 0. The lowest BCUT2D eigenvalue weighted by Crippen LogP contribution is -2.04. The van der Waals surface area contributed by atoms with Gasteiger partial charge >= 0.3 is 0 Å². The van der Waals surface area contributed by atoms with E-state index in [1.54, 1.807) is 0 Å². The van der Waals surface area contributed by atoms with Crippen LogP contribution >= 0.6 is 0 Å². The van der Waals surface area contributed by atoms with Crippen LogP contribution in [0.25, 0.3) is 0 Å². The zero-order valence-corrected chi connectivity index (χ0v) is 29.2. The van der Waals surface area contributed by atoms with Gasteiger partial charge in [-0.15, -0.1) is 0 Å². The Bertz CT molecular complexity index is 595. The molecule has 1 heterocycles. The van der Waals surface area contributed by atoms with Crippen molar-refractivity contribution in [3.05, 3.63) is 18.7 Å². The Morgan fingerprint density at radius 3 is 1.02 bits per heavy atom. The fourth-order valence-electron chi connectivity index (χ4n) is 6.85. The van der Waals surface area contributed by atoms with E-state index in [4.69, 9.17) is 0 Å². The van der Waals surface area contributed by atoms with Gasteiger partial charge in [-0.25, -0.2) is 4.98 Å². The van der Waals surface area contributed by atoms with Crippen LogP contribution in [0.2, 0.25) is 0 Å². The van der Waals surface area contributed by atoms with Gasteiger partial charge in [-0.1, -0.05) is 213 Å². The smallest absolute Gasteiger partial charge is 0.0945 e. The van der Waals surface area contributed by atoms with Crippen LogP contribution in [0.5, 0.6) is 0 Å². The average Bonchev–Trinajstić information content (AvgIpc) is 3.52. The zero-order chi connectivity index (χ0) is 30.0. The van der Waals surface area contributed by atoms with Gasteiger partial charge in [0.25, 0.3) is 0 Å². The van der Waals surface area contributed by atoms with Crippen LogP contribution in [0, 0.1) is 5.92 Å². The Balaban J connectivity index is 1.99. The van der Waals surface area contributed by atoms with Crippen LogP contribution in [0.4, 0.5) is 0 Å². The lowest BCUT2D eigenvalue weighted by atomic mass is 9.90. The van der Waals surface area contributed by atoms with Gasteiger partial charge in [0.1, 0.15) is 0 Å². The number of aromatic nitrogens is 2. The van der Waals surface area contributed by atoms with E-state index in [1.807, 2.05) is 12.5 Å². The second-order valence-corrected chi connectivity index (χ2v) is 13.9. The summed E-state index contributed by atoms with van der Waals surface area (Å²) in [4.78, 5) is 4.22. The van der Waals surface area contributed by atoms with Crippen molar-refractivity contribution in [1.29, 1.82) is 0 Å². The third-order valence-corrected chi connectivity index (χ3v) is 9.77. The summed E-state index contributed by atoms with van der Waals surface area (Å²) in [5.74, 6) is 0.952. The Labute approximate surface area is 266 Å². The summed E-state index contributed by atoms with van der Waals surface area (Å²) in [5.41, 5.74) is 0. The third kappa shape index (κ3) is 28.0. The summed E-state index contributed by atoms with van der Waals surface area (Å²) in [7, 11) is 0. The van der Waals surface area contributed by atoms with Gasteiger partial charge in [-0.2, -0.15) is 0 Å². The highest BCUT2D eigenvalue weighted by atomic mass is 15.0. The number of imidazole rings is 1. The minimum absolute atomic E-state index is 0.952. The van der Waals surface area contributed by atoms with Crippen LogP contribution in [0.3, 0.4) is 0 Å². The summed E-state index contributed by atoms with van der Waals surface area (Å²) in [6.07, 6.45) is 54.1. The van der Waals surface area contributed by atoms with E-state index in [9.17, 15) is 0 Å². The van der Waals surface area contributed by atoms with Gasteiger partial charge < -0.3 is 4.57 Å². The maximum Gasteiger partial charge on any atom is 0.0945 e. The molecule has 1 aromatic heterocycles. The molecule has 0 aliphatic heterocycles. The first-order valence-corrected chi connectivity index (χ1v) is 19.8. The van der Waals surface area contributed by atoms with Crippen molar-refractivity contribution in [2.75, 3.05) is 0 Å². The monoisotopic (exact) mass is 587 g/mol. The lowest BCUT2D eigenvalue weighted by Gasteiger charge is -2.17. The Morgan fingerprint density at radius 2 is 0.714 bits per heavy atom. The molecule has 0 aromatic carbocycles. The Kier molecular flexibility index (Phi) is 30.9. The first kappa shape index (κ1) is 39.2. The van der Waals surface area contributed by atoms with Crippen molar-refractivity contribution in [2.45, 2.75) is 232 Å². The normalized spacial score (nSPS) is 12.3. The molecule has 1 unspecified atom stereocenters. The van der Waals surface area contributed by atoms with Crippen molar-refractivity contribution < 1.29 is 0 Å². The summed E-state index contributed by atoms with van der Waals surface area (Å²) >= 11 is 0. The zero-order valence-electron chi connectivity index (χ0n) is 29.2. The molecule has 248 valence electrons. The molecule has 0 saturated heterocycles. The predicted octanol–water partition coefficient (Wildman–Crippen LogP) is 14.4. The number of hydrogen-bond donors (Lipinski definition) is 0. The number of rotatable bonds is 35. The molecule has 0 bridgehead atoms. The van der Waals surface area contributed by atoms with E-state index < -0.39 is 0 Å². The molecule has 1 atom stereocenters. The van der Waals surface area contributed by atoms with Crippen LogP contribution in [0.1, 0.15) is 226 Å². The van der Waals surface area contributed by atoms with Crippen molar-refractivity contribution in [1.82, 2.24) is 9.55 Å². The second-order valence-electron chi connectivity index (χ2n) is 13.9. The molecule has 0 radical (unpaired) electrons. The minimum Gasteiger partial charge on any atom is -0.337 e. The molecule has 1 rings (SSSR count). The minimum atomic E-state index is 0.952. The Hall–Kier alpha value is -0.790. The predicted molar refractivity (Wildman–Crippen MR) is 189 cm³/mol. The van der Waals surface area contributed by atoms with Crippen molar-refractivity contribution in [2.24, 2.45) is 5.92 Å². The van der Waals surface area contributed by atoms with E-state index in [-0.39, 0.29) is 0 Å². The Morgan fingerprint density at radius 1 is 0.405 bits per heavy atom. The van der Waals surface area contributed by atoms with Gasteiger partial charge in [0, 0.05) is 18.9 Å². The largest absolute Gasteiger partial charge is 0.337 e. The second kappa shape index (κ2) is 33.1. The summed E-state index contributed by atoms with van der Waals surface area (Å²) in [5, 5.41) is 0. The van der Waals surface area contributed by atoms with E-state index in [0.29, 0.717) is 0 Å². The standard InChI is InChI=1S/C40H78N2/c1-3-5-7-9-11-13-15-17-18-19-20-21-23-25-27-29-31-34-40(35-32-37-42-38-36-41-39-42)33-30-28-26-24-22-16-14-12-10-8-6-4-2/h36,38-40H,3-35,37H2,1-2H3. The van der Waals surface area contributed by atoms with Gasteiger partial charge in [-0.3, -0.25) is 0 Å². The van der Waals surface area contributed by atoms with Crippen LogP contribution in [-0.2, 0) is 6.54 Å². The molecule has 0 aliphatic rings. The van der Waals surface area contributed by atoms with Gasteiger partial charge in [0.05, 0.1) is 6.33 Å². The molecule has 0 saturated carbocycles. The van der Waals surface area contributed by atoms with E-state index >= 15 is 0 Å². The quantitative estimate of drug-likeness (QED) is 0.0723. The third-order valence-electron chi connectivity index (χ3n) is 9.77. The molecule has 0 aliphatic carbocycles. The maximum absolute atomic E-state index is 4.22. The van der Waals surface area contributed by atoms with Gasteiger partial charge in [0.15, 0.2) is 0 Å². The molecule has 2 nitrogen and oxygen atoms in total. The molecular weight excluding hydrogens is 508 g/mol. The molecule has 1 aromatic rings. The highest BCUT2D eigenvalue weighted by Gasteiger charge is 2.09. The molecule has 0 amide bonds. The first-order chi connectivity index (χ1) is 20.9. The highest BCUT2D eigenvalue weighted by molar-refractivity contribution is 4.74.